The van der Waals surface area contributed by atoms with Crippen LogP contribution in [0.2, 0.25) is 0 Å². The van der Waals surface area contributed by atoms with Gasteiger partial charge in [-0.3, -0.25) is 4.52 Å². The van der Waals surface area contributed by atoms with E-state index in [9.17, 15) is 4.57 Å². The molecule has 2 aromatic rings. The molecule has 8 heteroatoms. The smallest absolute Gasteiger partial charge is 0.413 e. The Morgan fingerprint density at radius 2 is 1.65 bits per heavy atom. The van der Waals surface area contributed by atoms with Gasteiger partial charge in [0, 0.05) is 45.7 Å². The molecule has 1 fully saturated rings. The van der Waals surface area contributed by atoms with Crippen molar-refractivity contribution >= 4 is 13.7 Å². The quantitative estimate of drug-likeness (QED) is 0.778. The van der Waals surface area contributed by atoms with Gasteiger partial charge in [0.05, 0.1) is 0 Å². The number of piperazine rings is 1. The van der Waals surface area contributed by atoms with E-state index >= 15 is 0 Å². The summed E-state index contributed by atoms with van der Waals surface area (Å²) < 4.78 is 25.6. The lowest BCUT2D eigenvalue weighted by molar-refractivity contribution is 0.235. The van der Waals surface area contributed by atoms with Crippen LogP contribution in [-0.2, 0) is 9.09 Å². The Labute approximate surface area is 135 Å². The molecule has 0 bridgehead atoms. The second-order valence-corrected chi connectivity index (χ2v) is 7.10. The van der Waals surface area contributed by atoms with E-state index < -0.39 is 7.75 Å². The highest BCUT2D eigenvalue weighted by Crippen LogP contribution is 2.51. The van der Waals surface area contributed by atoms with E-state index in [1.165, 1.54) is 7.11 Å². The molecule has 1 aromatic carbocycles. The molecular formula is C15H19N4O3P. The molecular weight excluding hydrogens is 315 g/mol. The highest BCUT2D eigenvalue weighted by molar-refractivity contribution is 7.51. The largest absolute Gasteiger partial charge is 0.461 e. The standard InChI is InChI=1S/C15H19N4O3P/c1-21-23(20,22-14-6-3-2-4-7-14)19-12-10-18(11-13-19)15-16-8-5-9-17-15/h2-9H,10-13H2,1H3. The van der Waals surface area contributed by atoms with Gasteiger partial charge >= 0.3 is 7.75 Å². The van der Waals surface area contributed by atoms with Crippen LogP contribution in [0.15, 0.2) is 48.8 Å². The molecule has 0 radical (unpaired) electrons. The minimum absolute atomic E-state index is 0.534. The lowest BCUT2D eigenvalue weighted by atomic mass is 10.3. The highest BCUT2D eigenvalue weighted by Gasteiger charge is 2.36. The van der Waals surface area contributed by atoms with Crippen molar-refractivity contribution in [2.45, 2.75) is 0 Å². The molecule has 2 heterocycles. The van der Waals surface area contributed by atoms with Gasteiger partial charge in [-0.1, -0.05) is 18.2 Å². The Hall–Kier alpha value is -1.95. The lowest BCUT2D eigenvalue weighted by Gasteiger charge is -2.36. The number of anilines is 1. The molecule has 1 unspecified atom stereocenters. The average molecular weight is 334 g/mol. The van der Waals surface area contributed by atoms with Crippen molar-refractivity contribution in [3.05, 3.63) is 48.8 Å². The Bertz CT molecular complexity index is 663. The summed E-state index contributed by atoms with van der Waals surface area (Å²) >= 11 is 0. The minimum atomic E-state index is -3.35. The monoisotopic (exact) mass is 334 g/mol. The van der Waals surface area contributed by atoms with E-state index in [0.717, 1.165) is 0 Å². The summed E-state index contributed by atoms with van der Waals surface area (Å²) in [5.74, 6) is 1.22. The zero-order chi connectivity index (χ0) is 16.1. The molecule has 122 valence electrons. The third-order valence-electron chi connectivity index (χ3n) is 3.63. The minimum Gasteiger partial charge on any atom is -0.413 e. The molecule has 1 saturated heterocycles. The zero-order valence-corrected chi connectivity index (χ0v) is 13.8. The second kappa shape index (κ2) is 7.08. The molecule has 7 nitrogen and oxygen atoms in total. The number of hydrogen-bond donors (Lipinski definition) is 0. The maximum atomic E-state index is 13.0. The number of para-hydroxylation sites is 1. The van der Waals surface area contributed by atoms with Gasteiger partial charge in [0.25, 0.3) is 0 Å². The fourth-order valence-electron chi connectivity index (χ4n) is 2.42. The van der Waals surface area contributed by atoms with Crippen molar-refractivity contribution in [3.63, 3.8) is 0 Å². The summed E-state index contributed by atoms with van der Waals surface area (Å²) in [5.41, 5.74) is 0. The van der Waals surface area contributed by atoms with Crippen molar-refractivity contribution in [3.8, 4) is 5.75 Å². The summed E-state index contributed by atoms with van der Waals surface area (Å²) in [7, 11) is -1.94. The second-order valence-electron chi connectivity index (χ2n) is 5.04. The van der Waals surface area contributed by atoms with Crippen LogP contribution >= 0.6 is 7.75 Å². The van der Waals surface area contributed by atoms with Gasteiger partial charge in [0.15, 0.2) is 0 Å². The van der Waals surface area contributed by atoms with Gasteiger partial charge in [-0.05, 0) is 18.2 Å². The molecule has 23 heavy (non-hydrogen) atoms. The molecule has 0 aliphatic carbocycles. The van der Waals surface area contributed by atoms with Crippen molar-refractivity contribution in [2.24, 2.45) is 0 Å². The number of rotatable bonds is 5. The predicted octanol–water partition coefficient (Wildman–Crippen LogP) is 2.43. The van der Waals surface area contributed by atoms with Gasteiger partial charge in [0.1, 0.15) is 5.75 Å². The van der Waals surface area contributed by atoms with Crippen molar-refractivity contribution in [1.82, 2.24) is 14.6 Å². The topological polar surface area (TPSA) is 67.8 Å². The van der Waals surface area contributed by atoms with Crippen LogP contribution in [0.1, 0.15) is 0 Å². The van der Waals surface area contributed by atoms with Crippen molar-refractivity contribution in [1.29, 1.82) is 0 Å². The molecule has 1 aliphatic rings. The van der Waals surface area contributed by atoms with Gasteiger partial charge in [-0.25, -0.2) is 14.5 Å². The van der Waals surface area contributed by atoms with Gasteiger partial charge < -0.3 is 9.42 Å². The fraction of sp³-hybridized carbons (Fsp3) is 0.333. The van der Waals surface area contributed by atoms with E-state index in [-0.39, 0.29) is 0 Å². The molecule has 1 aromatic heterocycles. The Kier molecular flexibility index (Phi) is 4.91. The highest BCUT2D eigenvalue weighted by atomic mass is 31.2. The predicted molar refractivity (Wildman–Crippen MR) is 87.5 cm³/mol. The van der Waals surface area contributed by atoms with Crippen molar-refractivity contribution < 1.29 is 13.6 Å². The first-order chi connectivity index (χ1) is 11.2. The summed E-state index contributed by atoms with van der Waals surface area (Å²) in [6, 6.07) is 10.9. The molecule has 0 spiro atoms. The number of hydrogen-bond acceptors (Lipinski definition) is 6. The molecule has 3 rings (SSSR count). The Morgan fingerprint density at radius 1 is 1.00 bits per heavy atom. The van der Waals surface area contributed by atoms with Crippen LogP contribution in [0.5, 0.6) is 5.75 Å². The first-order valence-corrected chi connectivity index (χ1v) is 8.89. The molecule has 0 N–H and O–H groups in total. The molecule has 0 saturated carbocycles. The summed E-state index contributed by atoms with van der Waals surface area (Å²) in [5, 5.41) is 0. The van der Waals surface area contributed by atoms with E-state index in [1.54, 1.807) is 35.3 Å². The first kappa shape index (κ1) is 15.9. The van der Waals surface area contributed by atoms with Crippen LogP contribution in [-0.4, -0.2) is 47.9 Å². The van der Waals surface area contributed by atoms with Crippen LogP contribution in [0.25, 0.3) is 0 Å². The van der Waals surface area contributed by atoms with E-state index in [0.29, 0.717) is 37.9 Å². The fourth-order valence-corrected chi connectivity index (χ4v) is 3.90. The summed E-state index contributed by atoms with van der Waals surface area (Å²) in [4.78, 5) is 10.5. The first-order valence-electron chi connectivity index (χ1n) is 7.39. The van der Waals surface area contributed by atoms with E-state index in [4.69, 9.17) is 9.05 Å². The Morgan fingerprint density at radius 3 is 2.26 bits per heavy atom. The molecule has 1 aliphatic heterocycles. The van der Waals surface area contributed by atoms with Crippen molar-refractivity contribution in [2.75, 3.05) is 38.2 Å². The van der Waals surface area contributed by atoms with E-state index in [2.05, 4.69) is 14.9 Å². The zero-order valence-electron chi connectivity index (χ0n) is 12.9. The maximum absolute atomic E-state index is 13.0. The summed E-state index contributed by atoms with van der Waals surface area (Å²) in [6.07, 6.45) is 3.43. The lowest BCUT2D eigenvalue weighted by Crippen LogP contribution is -2.46. The number of aromatic nitrogens is 2. The maximum Gasteiger partial charge on any atom is 0.461 e. The normalized spacial score (nSPS) is 18.4. The summed E-state index contributed by atoms with van der Waals surface area (Å²) in [6.45, 7) is 2.43. The number of benzene rings is 1. The SMILES string of the molecule is COP(=O)(Oc1ccccc1)N1CCN(c2ncccn2)CC1. The Balaban J connectivity index is 1.66. The molecule has 0 amide bonds. The third kappa shape index (κ3) is 3.69. The van der Waals surface area contributed by atoms with E-state index in [1.807, 2.05) is 18.2 Å². The van der Waals surface area contributed by atoms with Gasteiger partial charge in [0.2, 0.25) is 5.95 Å². The van der Waals surface area contributed by atoms with Crippen LogP contribution < -0.4 is 9.42 Å². The molecule has 1 atom stereocenters. The average Bonchev–Trinajstić information content (AvgIpc) is 2.63. The third-order valence-corrected chi connectivity index (χ3v) is 5.63. The van der Waals surface area contributed by atoms with Gasteiger partial charge in [-0.15, -0.1) is 0 Å². The van der Waals surface area contributed by atoms with Crippen LogP contribution in [0.4, 0.5) is 5.95 Å². The van der Waals surface area contributed by atoms with Crippen LogP contribution in [0.3, 0.4) is 0 Å². The number of nitrogens with zero attached hydrogens (tertiary/aromatic N) is 4. The van der Waals surface area contributed by atoms with Crippen LogP contribution in [0, 0.1) is 0 Å². The van der Waals surface area contributed by atoms with Gasteiger partial charge in [-0.2, -0.15) is 4.67 Å².